The van der Waals surface area contributed by atoms with E-state index in [1.54, 1.807) is 7.11 Å². The van der Waals surface area contributed by atoms with E-state index in [0.717, 1.165) is 43.8 Å². The third-order valence-electron chi connectivity index (χ3n) is 3.71. The molecule has 0 amide bonds. The Morgan fingerprint density at radius 2 is 2.15 bits per heavy atom. The molecule has 0 aromatic carbocycles. The Morgan fingerprint density at radius 3 is 2.65 bits per heavy atom. The van der Waals surface area contributed by atoms with Crippen LogP contribution in [0.1, 0.15) is 49.2 Å². The van der Waals surface area contributed by atoms with Gasteiger partial charge in [0.25, 0.3) is 0 Å². The predicted molar refractivity (Wildman–Crippen MR) is 85.1 cm³/mol. The van der Waals surface area contributed by atoms with Crippen LogP contribution in [0, 0.1) is 5.92 Å². The third-order valence-corrected chi connectivity index (χ3v) is 4.97. The van der Waals surface area contributed by atoms with Crippen molar-refractivity contribution in [2.45, 2.75) is 39.5 Å². The van der Waals surface area contributed by atoms with Gasteiger partial charge in [-0.15, -0.1) is 11.3 Å². The summed E-state index contributed by atoms with van der Waals surface area (Å²) in [5.74, 6) is 1.07. The highest BCUT2D eigenvalue weighted by atomic mass is 32.1. The maximum Gasteiger partial charge on any atom is 0.178 e. The summed E-state index contributed by atoms with van der Waals surface area (Å²) in [7, 11) is 1.63. The van der Waals surface area contributed by atoms with E-state index in [2.05, 4.69) is 18.7 Å². The van der Waals surface area contributed by atoms with Crippen molar-refractivity contribution in [2.24, 2.45) is 5.92 Å². The fourth-order valence-corrected chi connectivity index (χ4v) is 3.59. The monoisotopic (exact) mass is 296 g/mol. The fraction of sp³-hybridized carbons (Fsp3) is 0.667. The smallest absolute Gasteiger partial charge is 0.178 e. The van der Waals surface area contributed by atoms with Crippen LogP contribution in [0.5, 0.6) is 5.75 Å². The number of carbonyl (C=O) groups excluding carboxylic acids is 1. The third kappa shape index (κ3) is 2.92. The summed E-state index contributed by atoms with van der Waals surface area (Å²) < 4.78 is 5.46. The van der Waals surface area contributed by atoms with Gasteiger partial charge in [-0.05, 0) is 26.2 Å². The van der Waals surface area contributed by atoms with Crippen molar-refractivity contribution in [1.82, 2.24) is 0 Å². The largest absolute Gasteiger partial charge is 0.492 e. The number of ether oxygens (including phenoxy) is 1. The van der Waals surface area contributed by atoms with E-state index in [9.17, 15) is 4.79 Å². The predicted octanol–water partition coefficient (Wildman–Crippen LogP) is 3.56. The average Bonchev–Trinajstić information content (AvgIpc) is 3.24. The van der Waals surface area contributed by atoms with Gasteiger partial charge >= 0.3 is 0 Å². The quantitative estimate of drug-likeness (QED) is 0.745. The number of anilines is 2. The van der Waals surface area contributed by atoms with Crippen LogP contribution in [0.25, 0.3) is 0 Å². The van der Waals surface area contributed by atoms with Crippen LogP contribution < -0.4 is 15.4 Å². The lowest BCUT2D eigenvalue weighted by Gasteiger charge is -2.22. The number of ketones is 1. The molecule has 20 heavy (non-hydrogen) atoms. The zero-order valence-electron chi connectivity index (χ0n) is 12.6. The van der Waals surface area contributed by atoms with Gasteiger partial charge in [0.2, 0.25) is 0 Å². The number of hydrogen-bond acceptors (Lipinski definition) is 5. The standard InChI is InChI=1S/C15H24N2O2S/c1-4-6-9-17(5-2)15-13(19-3)11(16)14(20-15)12(18)10-7-8-10/h10H,4-9,16H2,1-3H3. The molecule has 0 spiro atoms. The molecule has 1 aliphatic carbocycles. The van der Waals surface area contributed by atoms with Crippen molar-refractivity contribution in [3.63, 3.8) is 0 Å². The van der Waals surface area contributed by atoms with Crippen molar-refractivity contribution in [3.8, 4) is 5.75 Å². The first-order chi connectivity index (χ1) is 9.63. The van der Waals surface area contributed by atoms with Crippen LogP contribution in [0.15, 0.2) is 0 Å². The summed E-state index contributed by atoms with van der Waals surface area (Å²) in [5.41, 5.74) is 6.67. The van der Waals surface area contributed by atoms with Gasteiger partial charge in [-0.25, -0.2) is 0 Å². The first kappa shape index (κ1) is 15.2. The van der Waals surface area contributed by atoms with E-state index in [0.29, 0.717) is 16.3 Å². The fourth-order valence-electron chi connectivity index (χ4n) is 2.29. The van der Waals surface area contributed by atoms with Gasteiger partial charge in [0, 0.05) is 19.0 Å². The van der Waals surface area contributed by atoms with Crippen molar-refractivity contribution in [2.75, 3.05) is 30.8 Å². The molecule has 2 N–H and O–H groups in total. The molecule has 0 unspecified atom stereocenters. The molecule has 0 aliphatic heterocycles. The van der Waals surface area contributed by atoms with Gasteiger partial charge in [-0.1, -0.05) is 13.3 Å². The van der Waals surface area contributed by atoms with Crippen LogP contribution >= 0.6 is 11.3 Å². The number of Topliss-reactive ketones (excluding diaryl/α,β-unsaturated/α-hetero) is 1. The maximum absolute atomic E-state index is 12.3. The Labute approximate surface area is 124 Å². The highest BCUT2D eigenvalue weighted by molar-refractivity contribution is 7.19. The molecule has 1 aliphatic rings. The molecule has 5 heteroatoms. The molecule has 1 saturated carbocycles. The molecular weight excluding hydrogens is 272 g/mol. The van der Waals surface area contributed by atoms with Crippen LogP contribution in [-0.4, -0.2) is 26.0 Å². The van der Waals surface area contributed by atoms with Gasteiger partial charge in [-0.3, -0.25) is 4.79 Å². The lowest BCUT2D eigenvalue weighted by molar-refractivity contribution is 0.0972. The topological polar surface area (TPSA) is 55.6 Å². The van der Waals surface area contributed by atoms with E-state index in [1.807, 2.05) is 0 Å². The Bertz CT molecular complexity index is 480. The summed E-state index contributed by atoms with van der Waals surface area (Å²) in [6.45, 7) is 6.16. The molecule has 1 aromatic rings. The lowest BCUT2D eigenvalue weighted by Crippen LogP contribution is -2.23. The number of rotatable bonds is 8. The van der Waals surface area contributed by atoms with Gasteiger partial charge in [-0.2, -0.15) is 0 Å². The Morgan fingerprint density at radius 1 is 1.45 bits per heavy atom. The first-order valence-electron chi connectivity index (χ1n) is 7.39. The van der Waals surface area contributed by atoms with Gasteiger partial charge in [0.15, 0.2) is 11.5 Å². The molecular formula is C15H24N2O2S. The van der Waals surface area contributed by atoms with E-state index < -0.39 is 0 Å². The zero-order valence-corrected chi connectivity index (χ0v) is 13.4. The highest BCUT2D eigenvalue weighted by Crippen LogP contribution is 2.47. The highest BCUT2D eigenvalue weighted by Gasteiger charge is 2.35. The second kappa shape index (κ2) is 6.48. The van der Waals surface area contributed by atoms with Crippen LogP contribution in [-0.2, 0) is 0 Å². The number of unbranched alkanes of at least 4 members (excludes halogenated alkanes) is 1. The minimum atomic E-state index is 0.194. The molecule has 1 aromatic heterocycles. The van der Waals surface area contributed by atoms with E-state index in [1.165, 1.54) is 11.3 Å². The number of nitrogens with zero attached hydrogens (tertiary/aromatic N) is 1. The van der Waals surface area contributed by atoms with E-state index in [4.69, 9.17) is 10.5 Å². The number of carbonyl (C=O) groups is 1. The first-order valence-corrected chi connectivity index (χ1v) is 8.21. The number of nitrogen functional groups attached to an aromatic ring is 1. The van der Waals surface area contributed by atoms with Gasteiger partial charge in [0.05, 0.1) is 17.7 Å². The van der Waals surface area contributed by atoms with Crippen molar-refractivity contribution < 1.29 is 9.53 Å². The number of nitrogens with two attached hydrogens (primary N) is 1. The normalized spacial score (nSPS) is 14.3. The average molecular weight is 296 g/mol. The minimum absolute atomic E-state index is 0.194. The SMILES string of the molecule is CCCCN(CC)c1sc(C(=O)C2CC2)c(N)c1OC. The summed E-state index contributed by atoms with van der Waals surface area (Å²) in [4.78, 5) is 15.2. The second-order valence-corrected chi connectivity index (χ2v) is 6.25. The van der Waals surface area contributed by atoms with Crippen LogP contribution in [0.4, 0.5) is 10.7 Å². The minimum Gasteiger partial charge on any atom is -0.492 e. The molecule has 1 fully saturated rings. The number of thiophene rings is 1. The number of hydrogen-bond donors (Lipinski definition) is 1. The summed E-state index contributed by atoms with van der Waals surface area (Å²) in [5, 5.41) is 1.00. The summed E-state index contributed by atoms with van der Waals surface area (Å²) in [6.07, 6.45) is 4.27. The molecule has 4 nitrogen and oxygen atoms in total. The molecule has 1 heterocycles. The lowest BCUT2D eigenvalue weighted by atomic mass is 10.2. The Balaban J connectivity index is 2.30. The summed E-state index contributed by atoms with van der Waals surface area (Å²) >= 11 is 1.50. The van der Waals surface area contributed by atoms with E-state index in [-0.39, 0.29) is 11.7 Å². The number of methoxy groups -OCH3 is 1. The Hall–Kier alpha value is -1.23. The summed E-state index contributed by atoms with van der Waals surface area (Å²) in [6, 6.07) is 0. The van der Waals surface area contributed by atoms with Crippen LogP contribution in [0.2, 0.25) is 0 Å². The van der Waals surface area contributed by atoms with Gasteiger partial charge < -0.3 is 15.4 Å². The second-order valence-electron chi connectivity index (χ2n) is 5.26. The van der Waals surface area contributed by atoms with Crippen molar-refractivity contribution >= 4 is 27.8 Å². The zero-order chi connectivity index (χ0) is 14.7. The maximum atomic E-state index is 12.3. The molecule has 112 valence electrons. The molecule has 0 saturated heterocycles. The van der Waals surface area contributed by atoms with E-state index >= 15 is 0 Å². The van der Waals surface area contributed by atoms with Crippen LogP contribution in [0.3, 0.4) is 0 Å². The molecule has 0 atom stereocenters. The molecule has 0 bridgehead atoms. The molecule has 2 rings (SSSR count). The molecule has 0 radical (unpaired) electrons. The van der Waals surface area contributed by atoms with Crippen molar-refractivity contribution in [1.29, 1.82) is 0 Å². The Kier molecular flexibility index (Phi) is 4.91. The van der Waals surface area contributed by atoms with Crippen molar-refractivity contribution in [3.05, 3.63) is 4.88 Å². The van der Waals surface area contributed by atoms with Gasteiger partial charge in [0.1, 0.15) is 5.00 Å².